The molecule has 1 aromatic carbocycles. The van der Waals surface area contributed by atoms with Gasteiger partial charge < -0.3 is 14.6 Å². The lowest BCUT2D eigenvalue weighted by Gasteiger charge is -2.14. The molecule has 0 fully saturated rings. The van der Waals surface area contributed by atoms with Crippen LogP contribution >= 0.6 is 0 Å². The first-order valence-corrected chi connectivity index (χ1v) is 7.11. The van der Waals surface area contributed by atoms with E-state index in [2.05, 4.69) is 13.0 Å². The van der Waals surface area contributed by atoms with Gasteiger partial charge in [-0.05, 0) is 42.9 Å². The zero-order valence-electron chi connectivity index (χ0n) is 12.1. The molecule has 0 aliphatic heterocycles. The average Bonchev–Trinajstić information content (AvgIpc) is 2.46. The predicted octanol–water partition coefficient (Wildman–Crippen LogP) is 3.05. The second kappa shape index (κ2) is 9.82. The normalized spacial score (nSPS) is 12.4. The zero-order valence-corrected chi connectivity index (χ0v) is 12.1. The summed E-state index contributed by atoms with van der Waals surface area (Å²) in [6.45, 7) is 3.92. The third kappa shape index (κ3) is 6.60. The Labute approximate surface area is 116 Å². The minimum atomic E-state index is 0.203. The largest absolute Gasteiger partial charge is 0.497 e. The fourth-order valence-corrected chi connectivity index (χ4v) is 1.99. The number of benzene rings is 1. The van der Waals surface area contributed by atoms with E-state index in [1.165, 1.54) is 5.56 Å². The minimum absolute atomic E-state index is 0.203. The average molecular weight is 266 g/mol. The zero-order chi connectivity index (χ0) is 13.9. The van der Waals surface area contributed by atoms with Crippen molar-refractivity contribution in [3.8, 4) is 5.75 Å². The monoisotopic (exact) mass is 266 g/mol. The van der Waals surface area contributed by atoms with E-state index < -0.39 is 0 Å². The van der Waals surface area contributed by atoms with Gasteiger partial charge in [-0.15, -0.1) is 0 Å². The maximum atomic E-state index is 9.43. The topological polar surface area (TPSA) is 38.7 Å². The fraction of sp³-hybridized carbons (Fsp3) is 0.625. The first kappa shape index (κ1) is 16.0. The summed E-state index contributed by atoms with van der Waals surface area (Å²) in [7, 11) is 1.67. The van der Waals surface area contributed by atoms with Crippen LogP contribution < -0.4 is 4.74 Å². The summed E-state index contributed by atoms with van der Waals surface area (Å²) in [5.41, 5.74) is 1.20. The summed E-state index contributed by atoms with van der Waals surface area (Å²) in [5.74, 6) is 1.13. The molecule has 0 amide bonds. The van der Waals surface area contributed by atoms with Crippen molar-refractivity contribution in [1.82, 2.24) is 0 Å². The van der Waals surface area contributed by atoms with E-state index in [1.54, 1.807) is 7.11 Å². The number of aliphatic hydroxyl groups is 1. The van der Waals surface area contributed by atoms with Crippen molar-refractivity contribution in [3.63, 3.8) is 0 Å². The van der Waals surface area contributed by atoms with Crippen LogP contribution in [-0.4, -0.2) is 32.0 Å². The van der Waals surface area contributed by atoms with Crippen LogP contribution in [0.15, 0.2) is 24.3 Å². The highest BCUT2D eigenvalue weighted by atomic mass is 16.5. The number of methoxy groups -OCH3 is 1. The number of aliphatic hydroxyl groups excluding tert-OH is 1. The summed E-state index contributed by atoms with van der Waals surface area (Å²) in [4.78, 5) is 0. The Bertz CT molecular complexity index is 339. The lowest BCUT2D eigenvalue weighted by Crippen LogP contribution is -2.13. The van der Waals surface area contributed by atoms with Gasteiger partial charge in [0.1, 0.15) is 5.75 Å². The van der Waals surface area contributed by atoms with Gasteiger partial charge in [-0.3, -0.25) is 0 Å². The van der Waals surface area contributed by atoms with Gasteiger partial charge in [-0.25, -0.2) is 0 Å². The molecule has 0 bridgehead atoms. The second-order valence-electron chi connectivity index (χ2n) is 4.86. The highest BCUT2D eigenvalue weighted by Crippen LogP contribution is 2.17. The first-order valence-electron chi connectivity index (χ1n) is 7.11. The summed E-state index contributed by atoms with van der Waals surface area (Å²) in [6, 6.07) is 8.02. The van der Waals surface area contributed by atoms with Crippen LogP contribution in [0.3, 0.4) is 0 Å². The van der Waals surface area contributed by atoms with Crippen LogP contribution in [0, 0.1) is 5.92 Å². The predicted molar refractivity (Wildman–Crippen MR) is 77.6 cm³/mol. The Morgan fingerprint density at radius 2 is 2.11 bits per heavy atom. The molecule has 0 spiro atoms. The Kier molecular flexibility index (Phi) is 8.26. The maximum absolute atomic E-state index is 9.43. The highest BCUT2D eigenvalue weighted by Gasteiger charge is 2.09. The molecule has 1 unspecified atom stereocenters. The maximum Gasteiger partial charge on any atom is 0.119 e. The Hall–Kier alpha value is -1.06. The van der Waals surface area contributed by atoms with Gasteiger partial charge in [0, 0.05) is 19.8 Å². The molecule has 19 heavy (non-hydrogen) atoms. The van der Waals surface area contributed by atoms with Crippen LogP contribution in [0.1, 0.15) is 31.7 Å². The number of unbranched alkanes of at least 4 members (excludes halogenated alkanes) is 1. The molecule has 1 N–H and O–H groups in total. The number of hydrogen-bond acceptors (Lipinski definition) is 3. The van der Waals surface area contributed by atoms with Crippen LogP contribution in [-0.2, 0) is 11.2 Å². The SMILES string of the molecule is CCCCOCCC(CO)Cc1cccc(OC)c1. The molecular weight excluding hydrogens is 240 g/mol. The van der Waals surface area contributed by atoms with E-state index in [4.69, 9.17) is 9.47 Å². The van der Waals surface area contributed by atoms with E-state index in [9.17, 15) is 5.11 Å². The lowest BCUT2D eigenvalue weighted by atomic mass is 9.97. The van der Waals surface area contributed by atoms with Crippen molar-refractivity contribution in [1.29, 1.82) is 0 Å². The quantitative estimate of drug-likeness (QED) is 0.662. The van der Waals surface area contributed by atoms with Crippen molar-refractivity contribution in [2.75, 3.05) is 26.9 Å². The summed E-state index contributed by atoms with van der Waals surface area (Å²) >= 11 is 0. The molecule has 0 radical (unpaired) electrons. The van der Waals surface area contributed by atoms with E-state index in [-0.39, 0.29) is 12.5 Å². The molecule has 3 nitrogen and oxygen atoms in total. The second-order valence-corrected chi connectivity index (χ2v) is 4.86. The summed E-state index contributed by atoms with van der Waals surface area (Å²) in [6.07, 6.45) is 4.04. The molecule has 3 heteroatoms. The summed E-state index contributed by atoms with van der Waals surface area (Å²) in [5, 5.41) is 9.43. The number of hydrogen-bond donors (Lipinski definition) is 1. The Balaban J connectivity index is 2.34. The van der Waals surface area contributed by atoms with Gasteiger partial charge in [0.2, 0.25) is 0 Å². The lowest BCUT2D eigenvalue weighted by molar-refractivity contribution is 0.104. The van der Waals surface area contributed by atoms with Crippen molar-refractivity contribution in [2.45, 2.75) is 32.6 Å². The standard InChI is InChI=1S/C16H26O3/c1-3-4-9-19-10-8-15(13-17)11-14-6-5-7-16(12-14)18-2/h5-7,12,15,17H,3-4,8-11,13H2,1-2H3. The van der Waals surface area contributed by atoms with Crippen molar-refractivity contribution in [2.24, 2.45) is 5.92 Å². The van der Waals surface area contributed by atoms with Crippen molar-refractivity contribution < 1.29 is 14.6 Å². The van der Waals surface area contributed by atoms with Crippen LogP contribution in [0.5, 0.6) is 5.75 Å². The molecule has 1 rings (SSSR count). The van der Waals surface area contributed by atoms with Gasteiger partial charge in [-0.2, -0.15) is 0 Å². The molecule has 0 aromatic heterocycles. The van der Waals surface area contributed by atoms with E-state index in [1.807, 2.05) is 18.2 Å². The number of ether oxygens (including phenoxy) is 2. The Morgan fingerprint density at radius 3 is 2.79 bits per heavy atom. The Morgan fingerprint density at radius 1 is 1.26 bits per heavy atom. The fourth-order valence-electron chi connectivity index (χ4n) is 1.99. The minimum Gasteiger partial charge on any atom is -0.497 e. The molecule has 1 atom stereocenters. The van der Waals surface area contributed by atoms with Gasteiger partial charge in [0.05, 0.1) is 7.11 Å². The van der Waals surface area contributed by atoms with E-state index >= 15 is 0 Å². The summed E-state index contributed by atoms with van der Waals surface area (Å²) < 4.78 is 10.8. The molecule has 0 heterocycles. The van der Waals surface area contributed by atoms with E-state index in [0.29, 0.717) is 0 Å². The molecule has 0 aliphatic rings. The van der Waals surface area contributed by atoms with Crippen LogP contribution in [0.2, 0.25) is 0 Å². The molecule has 0 saturated carbocycles. The first-order chi connectivity index (χ1) is 9.30. The molecular formula is C16H26O3. The van der Waals surface area contributed by atoms with Crippen LogP contribution in [0.4, 0.5) is 0 Å². The van der Waals surface area contributed by atoms with E-state index in [0.717, 1.165) is 44.6 Å². The molecule has 108 valence electrons. The van der Waals surface area contributed by atoms with Gasteiger partial charge in [0.15, 0.2) is 0 Å². The van der Waals surface area contributed by atoms with Crippen LogP contribution in [0.25, 0.3) is 0 Å². The molecule has 0 aliphatic carbocycles. The molecule has 1 aromatic rings. The van der Waals surface area contributed by atoms with Gasteiger partial charge in [0.25, 0.3) is 0 Å². The molecule has 0 saturated heterocycles. The third-order valence-corrected chi connectivity index (χ3v) is 3.23. The van der Waals surface area contributed by atoms with Gasteiger partial charge in [-0.1, -0.05) is 25.5 Å². The van der Waals surface area contributed by atoms with Gasteiger partial charge >= 0.3 is 0 Å². The highest BCUT2D eigenvalue weighted by molar-refractivity contribution is 5.28. The smallest absolute Gasteiger partial charge is 0.119 e. The third-order valence-electron chi connectivity index (χ3n) is 3.23. The van der Waals surface area contributed by atoms with Crippen molar-refractivity contribution >= 4 is 0 Å². The van der Waals surface area contributed by atoms with Crippen molar-refractivity contribution in [3.05, 3.63) is 29.8 Å². The number of rotatable bonds is 10.